The minimum absolute atomic E-state index is 0.0119. The van der Waals surface area contributed by atoms with Gasteiger partial charge in [0.15, 0.2) is 11.3 Å². The molecule has 10 heteroatoms. The highest BCUT2D eigenvalue weighted by Gasteiger charge is 2.38. The van der Waals surface area contributed by atoms with Crippen molar-refractivity contribution in [3.8, 4) is 0 Å². The second-order valence-corrected chi connectivity index (χ2v) is 8.77. The summed E-state index contributed by atoms with van der Waals surface area (Å²) in [6, 6.07) is 10.1. The van der Waals surface area contributed by atoms with Crippen LogP contribution in [0.5, 0.6) is 0 Å². The number of carbonyl (C=O) groups is 1. The standard InChI is InChI=1S/C22H21ClF3N5O/c23-16-5-1-14(2-6-16)13-29-7-9-30(10-8-29)21(32)18-12-20-27-17(15-3-4-15)11-19(22(24,25)26)31(20)28-18/h1-2,5-6,11-12,15H,3-4,7-10,13H2. The van der Waals surface area contributed by atoms with Gasteiger partial charge in [0.2, 0.25) is 0 Å². The molecule has 0 spiro atoms. The molecule has 1 aromatic carbocycles. The molecule has 0 bridgehead atoms. The van der Waals surface area contributed by atoms with E-state index in [1.807, 2.05) is 24.3 Å². The van der Waals surface area contributed by atoms with Crippen molar-refractivity contribution < 1.29 is 18.0 Å². The molecule has 3 heterocycles. The summed E-state index contributed by atoms with van der Waals surface area (Å²) in [5.41, 5.74) is 0.705. The monoisotopic (exact) mass is 463 g/mol. The molecule has 1 saturated heterocycles. The van der Waals surface area contributed by atoms with E-state index < -0.39 is 11.9 Å². The van der Waals surface area contributed by atoms with Crippen LogP contribution in [0.1, 0.15) is 46.2 Å². The number of rotatable bonds is 4. The Morgan fingerprint density at radius 2 is 1.75 bits per heavy atom. The number of hydrogen-bond acceptors (Lipinski definition) is 4. The molecule has 0 radical (unpaired) electrons. The lowest BCUT2D eigenvalue weighted by Crippen LogP contribution is -2.48. The Balaban J connectivity index is 1.31. The highest BCUT2D eigenvalue weighted by Crippen LogP contribution is 2.41. The Labute approximate surface area is 187 Å². The first-order valence-electron chi connectivity index (χ1n) is 10.5. The van der Waals surface area contributed by atoms with Crippen molar-refractivity contribution in [1.29, 1.82) is 0 Å². The maximum atomic E-state index is 13.6. The van der Waals surface area contributed by atoms with E-state index in [-0.39, 0.29) is 23.2 Å². The fourth-order valence-electron chi connectivity index (χ4n) is 4.01. The first kappa shape index (κ1) is 21.2. The fourth-order valence-corrected chi connectivity index (χ4v) is 4.13. The number of aromatic nitrogens is 3. The van der Waals surface area contributed by atoms with Crippen LogP contribution in [0.3, 0.4) is 0 Å². The third-order valence-electron chi connectivity index (χ3n) is 5.93. The maximum Gasteiger partial charge on any atom is 0.433 e. The average Bonchev–Trinajstić information content (AvgIpc) is 3.52. The second-order valence-electron chi connectivity index (χ2n) is 8.33. The Kier molecular flexibility index (Phi) is 5.33. The number of amides is 1. The summed E-state index contributed by atoms with van der Waals surface area (Å²) in [6.07, 6.45) is -2.91. The molecule has 6 nitrogen and oxygen atoms in total. The number of fused-ring (bicyclic) bond motifs is 1. The molecule has 2 fully saturated rings. The van der Waals surface area contributed by atoms with Crippen molar-refractivity contribution in [1.82, 2.24) is 24.4 Å². The lowest BCUT2D eigenvalue weighted by atomic mass is 10.2. The highest BCUT2D eigenvalue weighted by molar-refractivity contribution is 6.30. The number of benzene rings is 1. The van der Waals surface area contributed by atoms with Crippen LogP contribution >= 0.6 is 11.6 Å². The van der Waals surface area contributed by atoms with Gasteiger partial charge in [-0.15, -0.1) is 0 Å². The molecule has 1 amide bonds. The molecule has 2 aromatic heterocycles. The van der Waals surface area contributed by atoms with Gasteiger partial charge in [-0.3, -0.25) is 9.69 Å². The number of piperazine rings is 1. The zero-order chi connectivity index (χ0) is 22.5. The van der Waals surface area contributed by atoms with Gasteiger partial charge in [0.05, 0.1) is 0 Å². The number of halogens is 4. The number of carbonyl (C=O) groups excluding carboxylic acids is 1. The molecule has 1 aliphatic carbocycles. The third kappa shape index (κ3) is 4.31. The largest absolute Gasteiger partial charge is 0.433 e. The molecular weight excluding hydrogens is 443 g/mol. The Morgan fingerprint density at radius 3 is 2.38 bits per heavy atom. The van der Waals surface area contributed by atoms with E-state index in [1.54, 1.807) is 4.90 Å². The van der Waals surface area contributed by atoms with Crippen LogP contribution in [-0.4, -0.2) is 56.5 Å². The molecule has 5 rings (SSSR count). The number of nitrogens with zero attached hydrogens (tertiary/aromatic N) is 5. The van der Waals surface area contributed by atoms with Crippen LogP contribution in [0.25, 0.3) is 5.65 Å². The molecule has 0 unspecified atom stereocenters. The predicted molar refractivity (Wildman–Crippen MR) is 113 cm³/mol. The number of hydrogen-bond donors (Lipinski definition) is 0. The van der Waals surface area contributed by atoms with Crippen LogP contribution in [-0.2, 0) is 12.7 Å². The lowest BCUT2D eigenvalue weighted by Gasteiger charge is -2.34. The lowest BCUT2D eigenvalue weighted by molar-refractivity contribution is -0.142. The molecule has 1 aliphatic heterocycles. The smallest absolute Gasteiger partial charge is 0.335 e. The van der Waals surface area contributed by atoms with E-state index in [0.717, 1.165) is 35.5 Å². The van der Waals surface area contributed by atoms with Crippen LogP contribution in [0.15, 0.2) is 36.4 Å². The topological polar surface area (TPSA) is 53.7 Å². The van der Waals surface area contributed by atoms with Gasteiger partial charge < -0.3 is 4.90 Å². The summed E-state index contributed by atoms with van der Waals surface area (Å²) < 4.78 is 41.5. The van der Waals surface area contributed by atoms with Crippen LogP contribution in [0.2, 0.25) is 5.02 Å². The van der Waals surface area contributed by atoms with E-state index in [1.165, 1.54) is 6.07 Å². The zero-order valence-electron chi connectivity index (χ0n) is 17.1. The summed E-state index contributed by atoms with van der Waals surface area (Å²) in [5.74, 6) is -0.313. The average molecular weight is 464 g/mol. The van der Waals surface area contributed by atoms with E-state index in [0.29, 0.717) is 36.9 Å². The van der Waals surface area contributed by atoms with Gasteiger partial charge in [-0.2, -0.15) is 18.3 Å². The van der Waals surface area contributed by atoms with Gasteiger partial charge in [0, 0.05) is 55.4 Å². The number of alkyl halides is 3. The van der Waals surface area contributed by atoms with E-state index >= 15 is 0 Å². The second kappa shape index (κ2) is 8.04. The minimum atomic E-state index is -4.58. The molecule has 1 saturated carbocycles. The van der Waals surface area contributed by atoms with Gasteiger partial charge >= 0.3 is 6.18 Å². The molecule has 0 N–H and O–H groups in total. The predicted octanol–water partition coefficient (Wildman–Crippen LogP) is 4.24. The summed E-state index contributed by atoms with van der Waals surface area (Å²) in [7, 11) is 0. The van der Waals surface area contributed by atoms with Gasteiger partial charge in [0.1, 0.15) is 5.69 Å². The SMILES string of the molecule is O=C(c1cc2nc(C3CC3)cc(C(F)(F)F)n2n1)N1CCN(Cc2ccc(Cl)cc2)CC1. The molecule has 168 valence electrons. The van der Waals surface area contributed by atoms with Crippen LogP contribution in [0.4, 0.5) is 13.2 Å². The molecule has 0 atom stereocenters. The first-order chi connectivity index (χ1) is 15.3. The quantitative estimate of drug-likeness (QED) is 0.581. The van der Waals surface area contributed by atoms with Crippen LogP contribution in [0, 0.1) is 0 Å². The van der Waals surface area contributed by atoms with Crippen molar-refractivity contribution in [3.63, 3.8) is 0 Å². The summed E-state index contributed by atoms with van der Waals surface area (Å²) >= 11 is 5.93. The van der Waals surface area contributed by atoms with E-state index in [9.17, 15) is 18.0 Å². The summed E-state index contributed by atoms with van der Waals surface area (Å²) in [4.78, 5) is 21.2. The van der Waals surface area contributed by atoms with Gasteiger partial charge in [0.25, 0.3) is 5.91 Å². The highest BCUT2D eigenvalue weighted by atomic mass is 35.5. The first-order valence-corrected chi connectivity index (χ1v) is 10.9. The molecule has 2 aliphatic rings. The van der Waals surface area contributed by atoms with Crippen molar-refractivity contribution in [2.24, 2.45) is 0 Å². The van der Waals surface area contributed by atoms with Gasteiger partial charge in [-0.1, -0.05) is 23.7 Å². The molecular formula is C22H21ClF3N5O. The van der Waals surface area contributed by atoms with Crippen molar-refractivity contribution in [2.75, 3.05) is 26.2 Å². The van der Waals surface area contributed by atoms with Crippen molar-refractivity contribution in [2.45, 2.75) is 31.5 Å². The van der Waals surface area contributed by atoms with Crippen molar-refractivity contribution >= 4 is 23.2 Å². The van der Waals surface area contributed by atoms with E-state index in [4.69, 9.17) is 11.6 Å². The maximum absolute atomic E-state index is 13.6. The van der Waals surface area contributed by atoms with E-state index in [2.05, 4.69) is 15.0 Å². The summed E-state index contributed by atoms with van der Waals surface area (Å²) in [5, 5.41) is 4.67. The summed E-state index contributed by atoms with van der Waals surface area (Å²) in [6.45, 7) is 3.04. The Bertz CT molecular complexity index is 1150. The zero-order valence-corrected chi connectivity index (χ0v) is 17.9. The van der Waals surface area contributed by atoms with Crippen molar-refractivity contribution in [3.05, 3.63) is 64.1 Å². The Morgan fingerprint density at radius 1 is 1.06 bits per heavy atom. The van der Waals surface area contributed by atoms with Gasteiger partial charge in [-0.05, 0) is 36.6 Å². The minimum Gasteiger partial charge on any atom is -0.335 e. The fraction of sp³-hybridized carbons (Fsp3) is 0.409. The Hall–Kier alpha value is -2.65. The van der Waals surface area contributed by atoms with Crippen LogP contribution < -0.4 is 0 Å². The van der Waals surface area contributed by atoms with Gasteiger partial charge in [-0.25, -0.2) is 9.50 Å². The molecule has 32 heavy (non-hydrogen) atoms. The normalized spacial score (nSPS) is 17.8. The molecule has 3 aromatic rings. The third-order valence-corrected chi connectivity index (χ3v) is 6.18.